The van der Waals surface area contributed by atoms with Crippen LogP contribution in [0.25, 0.3) is 22.3 Å². The monoisotopic (exact) mass is 730 g/mol. The van der Waals surface area contributed by atoms with Crippen LogP contribution in [0.1, 0.15) is 0 Å². The molecule has 0 fully saturated rings. The SMILES string of the molecule is Clc1cccc(-c2c(Cl)c(Cl)c(Cl)c(Cl)c2Oc2c(Cl)c(Cl)c(Cl)c(Cl)c2-c2cccc(Cl)c2Cl)c1Cl. The number of rotatable bonds is 4. The standard InChI is InChI=1S/C24H6Cl12O/c25-9-5-1-3-7(13(9)27)11-15(29)17(31)19(33)21(35)23(11)37-24-12(8-4-2-6-10(26)14(8)28)16(30)18(32)20(34)22(24)36/h1-6H. The van der Waals surface area contributed by atoms with Gasteiger partial charge in [-0.3, -0.25) is 0 Å². The lowest BCUT2D eigenvalue weighted by Gasteiger charge is -2.22. The molecule has 0 N–H and O–H groups in total. The molecule has 0 heterocycles. The molecule has 0 amide bonds. The molecule has 0 aliphatic rings. The van der Waals surface area contributed by atoms with Crippen LogP contribution in [0.2, 0.25) is 60.3 Å². The third-order valence-electron chi connectivity index (χ3n) is 5.09. The first-order valence-electron chi connectivity index (χ1n) is 9.66. The van der Waals surface area contributed by atoms with Crippen LogP contribution >= 0.6 is 139 Å². The Hall–Kier alpha value is 0.160. The molecule has 13 heteroatoms. The van der Waals surface area contributed by atoms with Crippen LogP contribution in [0, 0.1) is 0 Å². The molecule has 0 aromatic heterocycles. The van der Waals surface area contributed by atoms with Gasteiger partial charge >= 0.3 is 0 Å². The predicted octanol–water partition coefficient (Wildman–Crippen LogP) is 14.7. The summed E-state index contributed by atoms with van der Waals surface area (Å²) in [5.74, 6) is -0.137. The fourth-order valence-corrected chi connectivity index (χ4v) is 6.13. The van der Waals surface area contributed by atoms with Gasteiger partial charge in [0.05, 0.1) is 50.2 Å². The van der Waals surface area contributed by atoms with E-state index in [-0.39, 0.29) is 82.9 Å². The van der Waals surface area contributed by atoms with Crippen LogP contribution in [0.5, 0.6) is 11.5 Å². The normalized spacial score (nSPS) is 11.2. The minimum atomic E-state index is -0.108. The predicted molar refractivity (Wildman–Crippen MR) is 164 cm³/mol. The van der Waals surface area contributed by atoms with Crippen molar-refractivity contribution < 1.29 is 4.74 Å². The summed E-state index contributed by atoms with van der Waals surface area (Å²) in [7, 11) is 0. The molecule has 0 aliphatic carbocycles. The first-order valence-corrected chi connectivity index (χ1v) is 14.2. The quantitative estimate of drug-likeness (QED) is 0.150. The van der Waals surface area contributed by atoms with E-state index in [1.807, 2.05) is 0 Å². The molecule has 192 valence electrons. The summed E-state index contributed by atoms with van der Waals surface area (Å²) >= 11 is 77.5. The Labute approximate surface area is 271 Å². The molecule has 0 saturated heterocycles. The van der Waals surface area contributed by atoms with Crippen molar-refractivity contribution in [2.75, 3.05) is 0 Å². The lowest BCUT2D eigenvalue weighted by molar-refractivity contribution is 0.487. The summed E-state index contributed by atoms with van der Waals surface area (Å²) in [6.07, 6.45) is 0. The van der Waals surface area contributed by atoms with Gasteiger partial charge in [-0.25, -0.2) is 0 Å². The van der Waals surface area contributed by atoms with Gasteiger partial charge in [-0.15, -0.1) is 0 Å². The molecule has 4 aromatic carbocycles. The first-order chi connectivity index (χ1) is 17.4. The molecule has 4 aromatic rings. The van der Waals surface area contributed by atoms with E-state index in [9.17, 15) is 0 Å². The summed E-state index contributed by atoms with van der Waals surface area (Å²) < 4.78 is 6.31. The van der Waals surface area contributed by atoms with Crippen LogP contribution in [0.4, 0.5) is 0 Å². The van der Waals surface area contributed by atoms with Crippen LogP contribution < -0.4 is 4.74 Å². The van der Waals surface area contributed by atoms with Gasteiger partial charge in [0, 0.05) is 22.3 Å². The number of benzene rings is 4. The van der Waals surface area contributed by atoms with E-state index in [1.54, 1.807) is 36.4 Å². The van der Waals surface area contributed by atoms with Crippen LogP contribution in [0.3, 0.4) is 0 Å². The van der Waals surface area contributed by atoms with Crippen LogP contribution in [0.15, 0.2) is 36.4 Å². The summed E-state index contributed by atoms with van der Waals surface area (Å²) in [5, 5.41) is 0.293. The lowest BCUT2D eigenvalue weighted by atomic mass is 10.0. The van der Waals surface area contributed by atoms with E-state index in [4.69, 9.17) is 144 Å². The molecule has 0 bridgehead atoms. The Bertz CT molecular complexity index is 1460. The molecule has 0 unspecified atom stereocenters. The van der Waals surface area contributed by atoms with Crippen molar-refractivity contribution in [1.29, 1.82) is 0 Å². The Morgan fingerprint density at radius 3 is 1.03 bits per heavy atom. The number of ether oxygens (including phenoxy) is 1. The smallest absolute Gasteiger partial charge is 0.157 e. The van der Waals surface area contributed by atoms with Gasteiger partial charge in [-0.05, 0) is 12.1 Å². The van der Waals surface area contributed by atoms with Crippen molar-refractivity contribution in [3.8, 4) is 33.8 Å². The second-order valence-electron chi connectivity index (χ2n) is 7.22. The Morgan fingerprint density at radius 1 is 0.351 bits per heavy atom. The van der Waals surface area contributed by atoms with Crippen molar-refractivity contribution in [2.45, 2.75) is 0 Å². The van der Waals surface area contributed by atoms with Crippen molar-refractivity contribution >= 4 is 139 Å². The maximum absolute atomic E-state index is 6.63. The highest BCUT2D eigenvalue weighted by atomic mass is 35.5. The van der Waals surface area contributed by atoms with E-state index in [0.717, 1.165) is 0 Å². The third-order valence-corrected chi connectivity index (χ3v) is 10.3. The average molecular weight is 736 g/mol. The van der Waals surface area contributed by atoms with Gasteiger partial charge in [0.25, 0.3) is 0 Å². The number of hydrogen-bond acceptors (Lipinski definition) is 1. The zero-order valence-electron chi connectivity index (χ0n) is 17.4. The molecule has 1 nitrogen and oxygen atoms in total. The van der Waals surface area contributed by atoms with E-state index < -0.39 is 0 Å². The molecule has 0 saturated carbocycles. The van der Waals surface area contributed by atoms with E-state index >= 15 is 0 Å². The molecular formula is C24H6Cl12O. The molecule has 37 heavy (non-hydrogen) atoms. The summed E-state index contributed by atoms with van der Waals surface area (Å²) in [5.41, 5.74) is 1.04. The molecule has 0 atom stereocenters. The zero-order chi connectivity index (χ0) is 27.3. The Morgan fingerprint density at radius 2 is 0.676 bits per heavy atom. The van der Waals surface area contributed by atoms with Crippen molar-refractivity contribution in [3.05, 3.63) is 96.7 Å². The second-order valence-corrected chi connectivity index (χ2v) is 11.8. The lowest BCUT2D eigenvalue weighted by Crippen LogP contribution is -1.98. The van der Waals surface area contributed by atoms with Crippen LogP contribution in [-0.2, 0) is 0 Å². The van der Waals surface area contributed by atoms with E-state index in [0.29, 0.717) is 11.1 Å². The van der Waals surface area contributed by atoms with Gasteiger partial charge in [-0.1, -0.05) is 163 Å². The van der Waals surface area contributed by atoms with Gasteiger partial charge in [0.2, 0.25) is 0 Å². The summed E-state index contributed by atoms with van der Waals surface area (Å²) in [4.78, 5) is 0. The minimum Gasteiger partial charge on any atom is -0.453 e. The highest BCUT2D eigenvalue weighted by Crippen LogP contribution is 2.57. The molecule has 0 spiro atoms. The molecule has 0 aliphatic heterocycles. The van der Waals surface area contributed by atoms with Gasteiger partial charge < -0.3 is 4.74 Å². The van der Waals surface area contributed by atoms with Gasteiger partial charge in [-0.2, -0.15) is 0 Å². The topological polar surface area (TPSA) is 9.23 Å². The van der Waals surface area contributed by atoms with E-state index in [2.05, 4.69) is 0 Å². The fourth-order valence-electron chi connectivity index (χ4n) is 3.39. The zero-order valence-corrected chi connectivity index (χ0v) is 26.5. The Kier molecular flexibility index (Phi) is 9.73. The first kappa shape index (κ1) is 30.1. The molecule has 4 rings (SSSR count). The summed E-state index contributed by atoms with van der Waals surface area (Å²) in [6.45, 7) is 0. The third kappa shape index (κ3) is 5.43. The van der Waals surface area contributed by atoms with Crippen molar-refractivity contribution in [1.82, 2.24) is 0 Å². The maximum Gasteiger partial charge on any atom is 0.157 e. The number of hydrogen-bond donors (Lipinski definition) is 0. The molecule has 0 radical (unpaired) electrons. The highest BCUT2D eigenvalue weighted by molar-refractivity contribution is 6.55. The largest absolute Gasteiger partial charge is 0.453 e. The van der Waals surface area contributed by atoms with Gasteiger partial charge in [0.1, 0.15) is 10.0 Å². The highest BCUT2D eigenvalue weighted by Gasteiger charge is 2.30. The summed E-state index contributed by atoms with van der Waals surface area (Å²) in [6, 6.07) is 9.77. The fraction of sp³-hybridized carbons (Fsp3) is 0. The van der Waals surface area contributed by atoms with E-state index in [1.165, 1.54) is 0 Å². The minimum absolute atomic E-state index is 0.0140. The number of halogens is 12. The maximum atomic E-state index is 6.63. The second kappa shape index (κ2) is 12.0. The van der Waals surface area contributed by atoms with Crippen molar-refractivity contribution in [3.63, 3.8) is 0 Å². The Balaban J connectivity index is 2.12. The average Bonchev–Trinajstić information content (AvgIpc) is 2.87. The van der Waals surface area contributed by atoms with Crippen LogP contribution in [-0.4, -0.2) is 0 Å². The van der Waals surface area contributed by atoms with Gasteiger partial charge in [0.15, 0.2) is 11.5 Å². The van der Waals surface area contributed by atoms with Crippen molar-refractivity contribution in [2.24, 2.45) is 0 Å². The molecular weight excluding hydrogens is 730 g/mol.